The Balaban J connectivity index is 1.68. The quantitative estimate of drug-likeness (QED) is 0.633. The summed E-state index contributed by atoms with van der Waals surface area (Å²) in [7, 11) is 0. The number of hydrogen-bond acceptors (Lipinski definition) is 4. The highest BCUT2D eigenvalue weighted by Gasteiger charge is 2.15. The number of hydrogen-bond donors (Lipinski definition) is 1. The van der Waals surface area contributed by atoms with Crippen LogP contribution in [0.25, 0.3) is 11.4 Å². The van der Waals surface area contributed by atoms with E-state index in [1.165, 1.54) is 36.0 Å². The number of nitrogens with one attached hydrogen (secondary N) is 1. The minimum atomic E-state index is -0.335. The van der Waals surface area contributed by atoms with Crippen LogP contribution in [0.1, 0.15) is 13.3 Å². The van der Waals surface area contributed by atoms with Gasteiger partial charge < -0.3 is 9.88 Å². The fourth-order valence-corrected chi connectivity index (χ4v) is 3.25. The van der Waals surface area contributed by atoms with Gasteiger partial charge in [-0.3, -0.25) is 4.79 Å². The van der Waals surface area contributed by atoms with Crippen LogP contribution in [-0.4, -0.2) is 26.4 Å². The molecule has 0 aliphatic rings. The summed E-state index contributed by atoms with van der Waals surface area (Å²) in [5.41, 5.74) is 1.56. The highest BCUT2D eigenvalue weighted by Crippen LogP contribution is 2.24. The Morgan fingerprint density at radius 3 is 2.54 bits per heavy atom. The maximum Gasteiger partial charge on any atom is 0.234 e. The van der Waals surface area contributed by atoms with Crippen molar-refractivity contribution in [3.05, 3.63) is 60.4 Å². The number of aromatic nitrogens is 3. The highest BCUT2D eigenvalue weighted by molar-refractivity contribution is 7.99. The third kappa shape index (κ3) is 4.49. The van der Waals surface area contributed by atoms with E-state index in [-0.39, 0.29) is 17.5 Å². The molecule has 1 amide bonds. The lowest BCUT2D eigenvalue weighted by Crippen LogP contribution is -2.14. The fourth-order valence-electron chi connectivity index (χ4n) is 2.48. The van der Waals surface area contributed by atoms with Gasteiger partial charge >= 0.3 is 0 Å². The van der Waals surface area contributed by atoms with Crippen LogP contribution >= 0.6 is 11.8 Å². The van der Waals surface area contributed by atoms with E-state index in [2.05, 4.69) is 22.4 Å². The molecular formula is C19H19FN4OS. The first kappa shape index (κ1) is 18.1. The zero-order valence-electron chi connectivity index (χ0n) is 14.4. The Morgan fingerprint density at radius 2 is 1.85 bits per heavy atom. The molecule has 0 saturated carbocycles. The van der Waals surface area contributed by atoms with E-state index in [9.17, 15) is 9.18 Å². The second kappa shape index (κ2) is 8.62. The average molecular weight is 370 g/mol. The number of carbonyl (C=O) groups is 1. The number of nitrogens with zero attached hydrogens (tertiary/aromatic N) is 3. The van der Waals surface area contributed by atoms with Gasteiger partial charge in [0.25, 0.3) is 0 Å². The van der Waals surface area contributed by atoms with Gasteiger partial charge in [-0.15, -0.1) is 10.2 Å². The first-order valence-electron chi connectivity index (χ1n) is 8.34. The third-order valence-electron chi connectivity index (χ3n) is 3.66. The molecule has 3 aromatic rings. The molecule has 7 heteroatoms. The van der Waals surface area contributed by atoms with Crippen molar-refractivity contribution in [2.24, 2.45) is 0 Å². The van der Waals surface area contributed by atoms with E-state index in [0.29, 0.717) is 10.8 Å². The van der Waals surface area contributed by atoms with Gasteiger partial charge in [-0.25, -0.2) is 4.39 Å². The number of carbonyl (C=O) groups excluding carboxylic acids is 1. The van der Waals surface area contributed by atoms with E-state index in [4.69, 9.17) is 0 Å². The van der Waals surface area contributed by atoms with Crippen LogP contribution < -0.4 is 5.32 Å². The van der Waals surface area contributed by atoms with Crippen molar-refractivity contribution < 1.29 is 9.18 Å². The normalized spacial score (nSPS) is 10.7. The average Bonchev–Trinajstić information content (AvgIpc) is 3.06. The highest BCUT2D eigenvalue weighted by atomic mass is 32.2. The summed E-state index contributed by atoms with van der Waals surface area (Å²) >= 11 is 1.34. The van der Waals surface area contributed by atoms with Gasteiger partial charge in [0.05, 0.1) is 5.75 Å². The molecule has 0 atom stereocenters. The van der Waals surface area contributed by atoms with Crippen molar-refractivity contribution in [3.63, 3.8) is 0 Å². The van der Waals surface area contributed by atoms with Crippen LogP contribution in [0.2, 0.25) is 0 Å². The van der Waals surface area contributed by atoms with Gasteiger partial charge in [-0.2, -0.15) is 0 Å². The fraction of sp³-hybridized carbons (Fsp3) is 0.211. The molecule has 5 nitrogen and oxygen atoms in total. The van der Waals surface area contributed by atoms with Gasteiger partial charge in [0.1, 0.15) is 5.82 Å². The van der Waals surface area contributed by atoms with E-state index in [0.717, 1.165) is 24.4 Å². The van der Waals surface area contributed by atoms with E-state index in [1.807, 2.05) is 34.9 Å². The molecule has 0 spiro atoms. The molecule has 1 N–H and O–H groups in total. The van der Waals surface area contributed by atoms with Crippen molar-refractivity contribution in [1.29, 1.82) is 0 Å². The minimum Gasteiger partial charge on any atom is -0.325 e. The number of rotatable bonds is 7. The molecule has 0 aliphatic heterocycles. The van der Waals surface area contributed by atoms with E-state index >= 15 is 0 Å². The smallest absolute Gasteiger partial charge is 0.234 e. The van der Waals surface area contributed by atoms with Crippen LogP contribution in [0, 0.1) is 5.82 Å². The van der Waals surface area contributed by atoms with Crippen LogP contribution in [0.15, 0.2) is 59.8 Å². The topological polar surface area (TPSA) is 59.8 Å². The lowest BCUT2D eigenvalue weighted by atomic mass is 10.2. The summed E-state index contributed by atoms with van der Waals surface area (Å²) < 4.78 is 15.0. The van der Waals surface area contributed by atoms with Gasteiger partial charge in [0, 0.05) is 17.8 Å². The molecule has 0 radical (unpaired) electrons. The Kier molecular flexibility index (Phi) is 6.01. The zero-order chi connectivity index (χ0) is 18.4. The molecule has 1 heterocycles. The molecule has 134 valence electrons. The van der Waals surface area contributed by atoms with E-state index < -0.39 is 0 Å². The molecule has 0 bridgehead atoms. The van der Waals surface area contributed by atoms with Gasteiger partial charge in [-0.05, 0) is 30.7 Å². The van der Waals surface area contributed by atoms with Gasteiger partial charge in [0.2, 0.25) is 5.91 Å². The Bertz CT molecular complexity index is 865. The summed E-state index contributed by atoms with van der Waals surface area (Å²) in [5, 5.41) is 12.0. The molecule has 0 aliphatic carbocycles. The second-order valence-corrected chi connectivity index (χ2v) is 6.61. The van der Waals surface area contributed by atoms with Crippen molar-refractivity contribution in [2.45, 2.75) is 25.0 Å². The summed E-state index contributed by atoms with van der Waals surface area (Å²) in [5.74, 6) is 0.495. The molecule has 0 fully saturated rings. The molecule has 26 heavy (non-hydrogen) atoms. The molecule has 2 aromatic carbocycles. The Hall–Kier alpha value is -2.67. The van der Waals surface area contributed by atoms with Gasteiger partial charge in [-0.1, -0.05) is 49.0 Å². The van der Waals surface area contributed by atoms with Crippen molar-refractivity contribution in [2.75, 3.05) is 11.1 Å². The lowest BCUT2D eigenvalue weighted by Gasteiger charge is -2.09. The summed E-state index contributed by atoms with van der Waals surface area (Å²) in [6.07, 6.45) is 0.938. The predicted molar refractivity (Wildman–Crippen MR) is 102 cm³/mol. The maximum absolute atomic E-state index is 12.9. The van der Waals surface area contributed by atoms with Crippen LogP contribution in [-0.2, 0) is 11.3 Å². The summed E-state index contributed by atoms with van der Waals surface area (Å²) in [6, 6.07) is 15.6. The van der Waals surface area contributed by atoms with Crippen LogP contribution in [0.4, 0.5) is 10.1 Å². The third-order valence-corrected chi connectivity index (χ3v) is 4.62. The SMILES string of the molecule is CCCn1c(SCC(=O)Nc2ccc(F)cc2)nnc1-c1ccccc1. The largest absolute Gasteiger partial charge is 0.325 e. The molecule has 1 aromatic heterocycles. The number of thioether (sulfide) groups is 1. The number of anilines is 1. The van der Waals surface area contributed by atoms with Crippen molar-refractivity contribution in [3.8, 4) is 11.4 Å². The van der Waals surface area contributed by atoms with Gasteiger partial charge in [0.15, 0.2) is 11.0 Å². The van der Waals surface area contributed by atoms with Crippen LogP contribution in [0.3, 0.4) is 0 Å². The summed E-state index contributed by atoms with van der Waals surface area (Å²) in [6.45, 7) is 2.86. The summed E-state index contributed by atoms with van der Waals surface area (Å²) in [4.78, 5) is 12.1. The van der Waals surface area contributed by atoms with Crippen molar-refractivity contribution >= 4 is 23.4 Å². The molecule has 0 unspecified atom stereocenters. The number of halogens is 1. The second-order valence-electron chi connectivity index (χ2n) is 5.67. The number of benzene rings is 2. The van der Waals surface area contributed by atoms with Crippen LogP contribution in [0.5, 0.6) is 0 Å². The molecule has 0 saturated heterocycles. The Labute approximate surface area is 155 Å². The molecular weight excluding hydrogens is 351 g/mol. The number of amides is 1. The molecule has 3 rings (SSSR count). The van der Waals surface area contributed by atoms with Crippen molar-refractivity contribution in [1.82, 2.24) is 14.8 Å². The standard InChI is InChI=1S/C19H19FN4OS/c1-2-12-24-18(14-6-4-3-5-7-14)22-23-19(24)26-13-17(25)21-16-10-8-15(20)9-11-16/h3-11H,2,12-13H2,1H3,(H,21,25). The van der Waals surface area contributed by atoms with E-state index in [1.54, 1.807) is 0 Å². The first-order valence-corrected chi connectivity index (χ1v) is 9.32. The Morgan fingerprint density at radius 1 is 1.12 bits per heavy atom. The lowest BCUT2D eigenvalue weighted by molar-refractivity contribution is -0.113. The zero-order valence-corrected chi connectivity index (χ0v) is 15.2. The first-order chi connectivity index (χ1) is 12.7. The monoisotopic (exact) mass is 370 g/mol. The minimum absolute atomic E-state index is 0.172. The predicted octanol–water partition coefficient (Wildman–Crippen LogP) is 4.23. The maximum atomic E-state index is 12.9.